The molecule has 17 heavy (non-hydrogen) atoms. The van der Waals surface area contributed by atoms with E-state index in [0.717, 1.165) is 12.2 Å². The Bertz CT molecular complexity index is 360. The Balaban J connectivity index is 2.93. The summed E-state index contributed by atoms with van der Waals surface area (Å²) in [5.41, 5.74) is 0.847. The molecule has 1 N–H and O–H groups in total. The lowest BCUT2D eigenvalue weighted by Crippen LogP contribution is -2.36. The highest BCUT2D eigenvalue weighted by atomic mass is 16.5. The first-order chi connectivity index (χ1) is 8.10. The van der Waals surface area contributed by atoms with E-state index in [4.69, 9.17) is 4.74 Å². The van der Waals surface area contributed by atoms with Crippen LogP contribution in [-0.4, -0.2) is 28.2 Å². The second-order valence-corrected chi connectivity index (χ2v) is 4.11. The van der Waals surface area contributed by atoms with Crippen LogP contribution >= 0.6 is 0 Å². The molecule has 1 rings (SSSR count). The normalized spacial score (nSPS) is 12.8. The molecule has 0 amide bonds. The van der Waals surface area contributed by atoms with Crippen molar-refractivity contribution in [2.45, 2.75) is 46.3 Å². The molecule has 96 valence electrons. The van der Waals surface area contributed by atoms with Crippen LogP contribution in [0.15, 0.2) is 12.5 Å². The van der Waals surface area contributed by atoms with Crippen LogP contribution in [0.1, 0.15) is 39.4 Å². The molecule has 1 atom stereocenters. The molecule has 0 aromatic carbocycles. The molecule has 1 heterocycles. The molecule has 0 aliphatic heterocycles. The Hall–Kier alpha value is -1.36. The number of carbonyl (C=O) groups is 1. The molecular weight excluding hydrogens is 218 g/mol. The molecule has 0 saturated carbocycles. The molecule has 0 saturated heterocycles. The van der Waals surface area contributed by atoms with E-state index in [9.17, 15) is 4.79 Å². The highest BCUT2D eigenvalue weighted by molar-refractivity contribution is 5.77. The molecule has 5 heteroatoms. The molecule has 1 aromatic rings. The molecule has 0 radical (unpaired) electrons. The third-order valence-electron chi connectivity index (χ3n) is 2.40. The Kier molecular flexibility index (Phi) is 5.15. The summed E-state index contributed by atoms with van der Waals surface area (Å²) in [6, 6.07) is -0.248. The van der Waals surface area contributed by atoms with Crippen molar-refractivity contribution in [2.75, 3.05) is 6.61 Å². The van der Waals surface area contributed by atoms with Gasteiger partial charge in [0.25, 0.3) is 0 Å². The molecular formula is C12H21N3O2. The third-order valence-corrected chi connectivity index (χ3v) is 2.40. The third kappa shape index (κ3) is 3.56. The topological polar surface area (TPSA) is 56.1 Å². The van der Waals surface area contributed by atoms with Crippen LogP contribution in [0, 0.1) is 0 Å². The van der Waals surface area contributed by atoms with Gasteiger partial charge in [-0.2, -0.15) is 0 Å². The van der Waals surface area contributed by atoms with E-state index in [2.05, 4.69) is 10.3 Å². The fourth-order valence-electron chi connectivity index (χ4n) is 1.67. The lowest BCUT2D eigenvalue weighted by molar-refractivity contribution is -0.146. The first kappa shape index (κ1) is 13.7. The van der Waals surface area contributed by atoms with Crippen molar-refractivity contribution in [3.63, 3.8) is 0 Å². The van der Waals surface area contributed by atoms with Gasteiger partial charge in [-0.3, -0.25) is 5.32 Å². The predicted molar refractivity (Wildman–Crippen MR) is 65.5 cm³/mol. The minimum absolute atomic E-state index is 0.199. The number of hydrogen-bond donors (Lipinski definition) is 1. The van der Waals surface area contributed by atoms with E-state index >= 15 is 0 Å². The van der Waals surface area contributed by atoms with Gasteiger partial charge in [0.15, 0.2) is 0 Å². The summed E-state index contributed by atoms with van der Waals surface area (Å²) in [5, 5.41) is 3.21. The second-order valence-electron chi connectivity index (χ2n) is 4.11. The maximum atomic E-state index is 11.9. The van der Waals surface area contributed by atoms with E-state index in [1.807, 2.05) is 25.3 Å². The number of imidazole rings is 1. The monoisotopic (exact) mass is 239 g/mol. The van der Waals surface area contributed by atoms with Crippen LogP contribution in [0.25, 0.3) is 0 Å². The van der Waals surface area contributed by atoms with E-state index in [1.54, 1.807) is 19.4 Å². The van der Waals surface area contributed by atoms with Crippen molar-refractivity contribution in [1.82, 2.24) is 14.9 Å². The lowest BCUT2D eigenvalue weighted by atomic mass is 10.2. The van der Waals surface area contributed by atoms with Gasteiger partial charge in [-0.05, 0) is 27.7 Å². The Morgan fingerprint density at radius 3 is 2.76 bits per heavy atom. The highest BCUT2D eigenvalue weighted by Gasteiger charge is 2.25. The van der Waals surface area contributed by atoms with Gasteiger partial charge in [-0.15, -0.1) is 0 Å². The SMILES string of the molecule is CCOC(=O)C(NC(C)C)c1cncn1CC. The first-order valence-corrected chi connectivity index (χ1v) is 6.02. The number of rotatable bonds is 6. The molecule has 1 unspecified atom stereocenters. The highest BCUT2D eigenvalue weighted by Crippen LogP contribution is 2.15. The molecule has 0 aliphatic carbocycles. The summed E-state index contributed by atoms with van der Waals surface area (Å²) in [5.74, 6) is -0.253. The number of aryl methyl sites for hydroxylation is 1. The molecule has 0 fully saturated rings. The summed E-state index contributed by atoms with van der Waals surface area (Å²) < 4.78 is 7.03. The molecule has 1 aromatic heterocycles. The lowest BCUT2D eigenvalue weighted by Gasteiger charge is -2.20. The summed E-state index contributed by atoms with van der Waals surface area (Å²) in [4.78, 5) is 16.0. The number of hydrogen-bond acceptors (Lipinski definition) is 4. The number of carbonyl (C=O) groups excluding carboxylic acids is 1. The number of nitrogens with zero attached hydrogens (tertiary/aromatic N) is 2. The number of aromatic nitrogens is 2. The largest absolute Gasteiger partial charge is 0.465 e. The smallest absolute Gasteiger partial charge is 0.329 e. The Morgan fingerprint density at radius 1 is 1.53 bits per heavy atom. The second kappa shape index (κ2) is 6.39. The van der Waals surface area contributed by atoms with Gasteiger partial charge in [0.2, 0.25) is 0 Å². The van der Waals surface area contributed by atoms with Crippen LogP contribution in [0.2, 0.25) is 0 Å². The van der Waals surface area contributed by atoms with Crippen molar-refractivity contribution >= 4 is 5.97 Å². The van der Waals surface area contributed by atoms with E-state index in [1.165, 1.54) is 0 Å². The Labute approximate surface area is 102 Å². The summed E-state index contributed by atoms with van der Waals surface area (Å²) in [7, 11) is 0. The summed E-state index contributed by atoms with van der Waals surface area (Å²) >= 11 is 0. The van der Waals surface area contributed by atoms with Crippen LogP contribution in [0.3, 0.4) is 0 Å². The Morgan fingerprint density at radius 2 is 2.24 bits per heavy atom. The van der Waals surface area contributed by atoms with Crippen LogP contribution in [0.5, 0.6) is 0 Å². The molecule has 0 bridgehead atoms. The predicted octanol–water partition coefficient (Wildman–Crippen LogP) is 1.51. The number of ether oxygens (including phenoxy) is 1. The standard InChI is InChI=1S/C12H21N3O2/c1-5-15-8-13-7-10(15)11(14-9(3)4)12(16)17-6-2/h7-9,11,14H,5-6H2,1-4H3. The van der Waals surface area contributed by atoms with E-state index < -0.39 is 6.04 Å². The summed E-state index contributed by atoms with van der Waals surface area (Å²) in [6.07, 6.45) is 3.43. The van der Waals surface area contributed by atoms with Crippen molar-refractivity contribution in [2.24, 2.45) is 0 Å². The van der Waals surface area contributed by atoms with Gasteiger partial charge in [0, 0.05) is 12.6 Å². The maximum Gasteiger partial charge on any atom is 0.329 e. The van der Waals surface area contributed by atoms with E-state index in [0.29, 0.717) is 6.61 Å². The zero-order valence-electron chi connectivity index (χ0n) is 10.9. The van der Waals surface area contributed by atoms with E-state index in [-0.39, 0.29) is 12.0 Å². The van der Waals surface area contributed by atoms with Crippen molar-refractivity contribution in [3.05, 3.63) is 18.2 Å². The fraction of sp³-hybridized carbons (Fsp3) is 0.667. The van der Waals surface area contributed by atoms with Crippen molar-refractivity contribution in [1.29, 1.82) is 0 Å². The van der Waals surface area contributed by atoms with Gasteiger partial charge < -0.3 is 9.30 Å². The van der Waals surface area contributed by atoms with Crippen LogP contribution in [0.4, 0.5) is 0 Å². The first-order valence-electron chi connectivity index (χ1n) is 6.02. The molecule has 0 spiro atoms. The average Bonchev–Trinajstić information content (AvgIpc) is 2.73. The minimum atomic E-state index is -0.447. The van der Waals surface area contributed by atoms with Gasteiger partial charge in [0.1, 0.15) is 6.04 Å². The van der Waals surface area contributed by atoms with Crippen LogP contribution in [-0.2, 0) is 16.1 Å². The van der Waals surface area contributed by atoms with Crippen LogP contribution < -0.4 is 5.32 Å². The fourth-order valence-corrected chi connectivity index (χ4v) is 1.67. The zero-order chi connectivity index (χ0) is 12.8. The molecule has 0 aliphatic rings. The van der Waals surface area contributed by atoms with Gasteiger partial charge in [-0.1, -0.05) is 0 Å². The van der Waals surface area contributed by atoms with Gasteiger partial charge >= 0.3 is 5.97 Å². The number of nitrogens with one attached hydrogen (secondary N) is 1. The maximum absolute atomic E-state index is 11.9. The minimum Gasteiger partial charge on any atom is -0.465 e. The molecule has 5 nitrogen and oxygen atoms in total. The summed E-state index contributed by atoms with van der Waals surface area (Å²) in [6.45, 7) is 8.99. The average molecular weight is 239 g/mol. The van der Waals surface area contributed by atoms with Gasteiger partial charge in [0.05, 0.1) is 24.8 Å². The number of esters is 1. The quantitative estimate of drug-likeness (QED) is 0.764. The van der Waals surface area contributed by atoms with Crippen molar-refractivity contribution in [3.8, 4) is 0 Å². The zero-order valence-corrected chi connectivity index (χ0v) is 10.9. The van der Waals surface area contributed by atoms with Gasteiger partial charge in [-0.25, -0.2) is 9.78 Å². The van der Waals surface area contributed by atoms with Crippen molar-refractivity contribution < 1.29 is 9.53 Å².